The smallest absolute Gasteiger partial charge is 0.261 e. The van der Waals surface area contributed by atoms with E-state index in [2.05, 4.69) is 5.32 Å². The summed E-state index contributed by atoms with van der Waals surface area (Å²) in [7, 11) is 1.46. The second-order valence-electron chi connectivity index (χ2n) is 6.31. The van der Waals surface area contributed by atoms with E-state index in [0.717, 1.165) is 4.90 Å². The molecule has 0 bridgehead atoms. The minimum Gasteiger partial charge on any atom is -0.545 e. The molecular weight excluding hydrogens is 364 g/mol. The van der Waals surface area contributed by atoms with Gasteiger partial charge in [-0.05, 0) is 37.3 Å². The lowest BCUT2D eigenvalue weighted by atomic mass is 10.0. The van der Waals surface area contributed by atoms with Crippen LogP contribution in [0, 0.1) is 6.92 Å². The highest BCUT2D eigenvalue weighted by Crippen LogP contribution is 2.25. The number of imide groups is 1. The fourth-order valence-corrected chi connectivity index (χ4v) is 2.95. The van der Waals surface area contributed by atoms with Crippen LogP contribution in [-0.4, -0.2) is 48.9 Å². The Morgan fingerprint density at radius 3 is 2.46 bits per heavy atom. The number of hydrogen-bond acceptors (Lipinski definition) is 6. The maximum Gasteiger partial charge on any atom is 0.261 e. The van der Waals surface area contributed by atoms with Gasteiger partial charge in [0.1, 0.15) is 0 Å². The lowest BCUT2D eigenvalue weighted by molar-refractivity contribution is -0.254. The van der Waals surface area contributed by atoms with Crippen LogP contribution >= 0.6 is 0 Å². The molecule has 1 heterocycles. The van der Waals surface area contributed by atoms with Gasteiger partial charge in [-0.2, -0.15) is 0 Å². The number of methoxy groups -OCH3 is 1. The van der Waals surface area contributed by atoms with Crippen molar-refractivity contribution in [3.63, 3.8) is 0 Å². The Bertz CT molecular complexity index is 998. The second-order valence-corrected chi connectivity index (χ2v) is 6.31. The van der Waals surface area contributed by atoms with Crippen molar-refractivity contribution in [2.75, 3.05) is 25.6 Å². The van der Waals surface area contributed by atoms with Gasteiger partial charge in [-0.25, -0.2) is 0 Å². The molecule has 0 aliphatic carbocycles. The number of nitrogens with one attached hydrogen (secondary N) is 1. The molecule has 0 aromatic heterocycles. The largest absolute Gasteiger partial charge is 0.545 e. The molecule has 2 aromatic carbocycles. The topological polar surface area (TPSA) is 116 Å². The quantitative estimate of drug-likeness (QED) is 0.742. The van der Waals surface area contributed by atoms with Crippen LogP contribution < -0.4 is 10.4 Å². The summed E-state index contributed by atoms with van der Waals surface area (Å²) in [5.74, 6) is -2.97. The molecule has 144 valence electrons. The van der Waals surface area contributed by atoms with Crippen molar-refractivity contribution in [3.05, 3.63) is 64.2 Å². The maximum absolute atomic E-state index is 12.6. The third kappa shape index (κ3) is 3.49. The van der Waals surface area contributed by atoms with Crippen molar-refractivity contribution >= 4 is 29.4 Å². The van der Waals surface area contributed by atoms with E-state index in [-0.39, 0.29) is 41.1 Å². The van der Waals surface area contributed by atoms with Gasteiger partial charge in [0.05, 0.1) is 35.9 Å². The minimum absolute atomic E-state index is 0.0835. The van der Waals surface area contributed by atoms with Crippen molar-refractivity contribution in [3.8, 4) is 0 Å². The number of aryl methyl sites for hydroxylation is 1. The van der Waals surface area contributed by atoms with Gasteiger partial charge in [0.2, 0.25) is 0 Å². The number of carbonyl (C=O) groups is 4. The van der Waals surface area contributed by atoms with Crippen molar-refractivity contribution in [2.24, 2.45) is 0 Å². The molecule has 0 spiro atoms. The predicted molar refractivity (Wildman–Crippen MR) is 97.1 cm³/mol. The van der Waals surface area contributed by atoms with E-state index in [1.807, 2.05) is 0 Å². The van der Waals surface area contributed by atoms with Gasteiger partial charge in [-0.15, -0.1) is 0 Å². The molecule has 0 saturated heterocycles. The molecule has 0 fully saturated rings. The molecule has 0 radical (unpaired) electrons. The number of carboxylic acid groups (broad SMARTS) is 1. The summed E-state index contributed by atoms with van der Waals surface area (Å²) in [5, 5.41) is 13.8. The highest BCUT2D eigenvalue weighted by Gasteiger charge is 2.35. The van der Waals surface area contributed by atoms with E-state index in [0.29, 0.717) is 5.56 Å². The Morgan fingerprint density at radius 2 is 1.79 bits per heavy atom. The average Bonchev–Trinajstić information content (AvgIpc) is 2.91. The highest BCUT2D eigenvalue weighted by atomic mass is 16.5. The van der Waals surface area contributed by atoms with Crippen molar-refractivity contribution in [2.45, 2.75) is 6.92 Å². The summed E-state index contributed by atoms with van der Waals surface area (Å²) < 4.78 is 4.90. The fourth-order valence-electron chi connectivity index (χ4n) is 2.95. The van der Waals surface area contributed by atoms with Crippen molar-refractivity contribution in [1.29, 1.82) is 0 Å². The molecule has 3 amide bonds. The van der Waals surface area contributed by atoms with E-state index >= 15 is 0 Å². The van der Waals surface area contributed by atoms with Gasteiger partial charge in [0.15, 0.2) is 0 Å². The SMILES string of the molecule is COCCN1C(=O)c2ccc(C(=O)Nc3ccc(C)cc3C(=O)[O-])cc2C1=O. The van der Waals surface area contributed by atoms with Gasteiger partial charge in [-0.3, -0.25) is 19.3 Å². The zero-order valence-electron chi connectivity index (χ0n) is 15.3. The van der Waals surface area contributed by atoms with E-state index in [4.69, 9.17) is 4.74 Å². The minimum atomic E-state index is -1.41. The standard InChI is InChI=1S/C20H18N2O6/c1-11-3-6-16(15(9-11)20(26)27)21-17(23)12-4-5-13-14(10-12)19(25)22(18(13)24)7-8-28-2/h3-6,9-10H,7-8H2,1-2H3,(H,21,23)(H,26,27)/p-1. The van der Waals surface area contributed by atoms with Crippen LogP contribution in [0.2, 0.25) is 0 Å². The normalized spacial score (nSPS) is 12.9. The Kier molecular flexibility index (Phi) is 5.23. The van der Waals surface area contributed by atoms with Crippen molar-refractivity contribution in [1.82, 2.24) is 4.90 Å². The summed E-state index contributed by atoms with van der Waals surface area (Å²) >= 11 is 0. The van der Waals surface area contributed by atoms with Crippen LogP contribution in [0.5, 0.6) is 0 Å². The first-order valence-corrected chi connectivity index (χ1v) is 8.46. The van der Waals surface area contributed by atoms with E-state index in [1.165, 1.54) is 37.4 Å². The number of hydrogen-bond donors (Lipinski definition) is 1. The number of benzene rings is 2. The maximum atomic E-state index is 12.6. The highest BCUT2D eigenvalue weighted by molar-refractivity contribution is 6.22. The molecule has 8 nitrogen and oxygen atoms in total. The number of carbonyl (C=O) groups excluding carboxylic acids is 4. The van der Waals surface area contributed by atoms with Crippen LogP contribution in [0.3, 0.4) is 0 Å². The molecule has 28 heavy (non-hydrogen) atoms. The van der Waals surface area contributed by atoms with Crippen LogP contribution in [0.15, 0.2) is 36.4 Å². The average molecular weight is 381 g/mol. The number of anilines is 1. The van der Waals surface area contributed by atoms with E-state index < -0.39 is 23.7 Å². The van der Waals surface area contributed by atoms with Gasteiger partial charge in [0.25, 0.3) is 17.7 Å². The Hall–Kier alpha value is -3.52. The first-order chi connectivity index (χ1) is 13.3. The van der Waals surface area contributed by atoms with Crippen LogP contribution in [0.1, 0.15) is 47.0 Å². The Labute approximate surface area is 160 Å². The number of fused-ring (bicyclic) bond motifs is 1. The van der Waals surface area contributed by atoms with Gasteiger partial charge in [0, 0.05) is 18.2 Å². The Balaban J connectivity index is 1.87. The lowest BCUT2D eigenvalue weighted by Crippen LogP contribution is -2.32. The van der Waals surface area contributed by atoms with E-state index in [9.17, 15) is 24.3 Å². The summed E-state index contributed by atoms with van der Waals surface area (Å²) in [4.78, 5) is 49.7. The molecule has 1 aliphatic rings. The number of nitrogens with zero attached hydrogens (tertiary/aromatic N) is 1. The molecule has 1 aliphatic heterocycles. The molecular formula is C20H17N2O6-. The van der Waals surface area contributed by atoms with Crippen LogP contribution in [0.4, 0.5) is 5.69 Å². The fraction of sp³-hybridized carbons (Fsp3) is 0.200. The molecule has 0 saturated carbocycles. The molecule has 0 unspecified atom stereocenters. The third-order valence-electron chi connectivity index (χ3n) is 4.40. The summed E-state index contributed by atoms with van der Waals surface area (Å²) in [6.45, 7) is 2.04. The second kappa shape index (κ2) is 7.61. The summed E-state index contributed by atoms with van der Waals surface area (Å²) in [6.07, 6.45) is 0. The first-order valence-electron chi connectivity index (χ1n) is 8.46. The summed E-state index contributed by atoms with van der Waals surface area (Å²) in [5.41, 5.74) is 1.10. The summed E-state index contributed by atoms with van der Waals surface area (Å²) in [6, 6.07) is 8.65. The number of rotatable bonds is 6. The predicted octanol–water partition coefficient (Wildman–Crippen LogP) is 0.853. The third-order valence-corrected chi connectivity index (χ3v) is 4.40. The van der Waals surface area contributed by atoms with E-state index in [1.54, 1.807) is 13.0 Å². The van der Waals surface area contributed by atoms with Crippen LogP contribution in [-0.2, 0) is 4.74 Å². The monoisotopic (exact) mass is 381 g/mol. The zero-order chi connectivity index (χ0) is 20.4. The zero-order valence-corrected chi connectivity index (χ0v) is 15.3. The molecule has 1 N–H and O–H groups in total. The number of amides is 3. The van der Waals surface area contributed by atoms with Crippen LogP contribution in [0.25, 0.3) is 0 Å². The molecule has 0 atom stereocenters. The van der Waals surface area contributed by atoms with Crippen molar-refractivity contribution < 1.29 is 29.0 Å². The van der Waals surface area contributed by atoms with Gasteiger partial charge in [-0.1, -0.05) is 11.6 Å². The molecule has 2 aromatic rings. The van der Waals surface area contributed by atoms with Gasteiger partial charge >= 0.3 is 0 Å². The number of aromatic carboxylic acids is 1. The molecule has 8 heteroatoms. The van der Waals surface area contributed by atoms with Gasteiger partial charge < -0.3 is 20.0 Å². The molecule has 3 rings (SSSR count). The first kappa shape index (κ1) is 19.2. The lowest BCUT2D eigenvalue weighted by Gasteiger charge is -2.13. The number of carboxylic acids is 1. The Morgan fingerprint density at radius 1 is 1.07 bits per heavy atom. The number of ether oxygens (including phenoxy) is 1.